The summed E-state index contributed by atoms with van der Waals surface area (Å²) < 4.78 is 11.2. The van der Waals surface area contributed by atoms with Crippen molar-refractivity contribution >= 4 is 57.1 Å². The topological polar surface area (TPSA) is 104 Å². The number of thioether (sulfide) groups is 1. The Morgan fingerprint density at radius 3 is 2.82 bits per heavy atom. The van der Waals surface area contributed by atoms with Gasteiger partial charge < -0.3 is 9.47 Å². The van der Waals surface area contributed by atoms with Gasteiger partial charge in [0.25, 0.3) is 5.91 Å². The normalized spacial score (nSPS) is 16.5. The number of thiophene rings is 1. The van der Waals surface area contributed by atoms with Gasteiger partial charge >= 0.3 is 5.97 Å². The Morgan fingerprint density at radius 1 is 1.24 bits per heavy atom. The highest BCUT2D eigenvalue weighted by atomic mass is 32.2. The molecule has 0 bridgehead atoms. The molecule has 2 aliphatic rings. The second-order valence-corrected chi connectivity index (χ2v) is 9.11. The molecule has 0 atom stereocenters. The Labute approximate surface area is 199 Å². The van der Waals surface area contributed by atoms with Gasteiger partial charge in [-0.2, -0.15) is 15.1 Å². The average molecular weight is 483 g/mol. The summed E-state index contributed by atoms with van der Waals surface area (Å²) in [6.07, 6.45) is 4.39. The number of aliphatic imine (C=N–C) groups is 1. The standard InChI is InChI=1S/C23H22N4O4S2/c1-3-5-8-19-26-27-20(24)15(21(28)25-23(27)33-19)12-14-9-10-16(17(13-14)30-4-2)31-22(29)18-7-6-11-32-18/h6-7,9-13,24H,3-5,8H2,1-2H3. The molecule has 3 heterocycles. The van der Waals surface area contributed by atoms with Gasteiger partial charge in [0, 0.05) is 0 Å². The highest BCUT2D eigenvalue weighted by molar-refractivity contribution is 8.26. The molecule has 4 rings (SSSR count). The van der Waals surface area contributed by atoms with E-state index in [2.05, 4.69) is 17.0 Å². The average Bonchev–Trinajstić information content (AvgIpc) is 3.47. The molecule has 170 valence electrons. The molecule has 1 amide bonds. The van der Waals surface area contributed by atoms with Crippen LogP contribution in [0.2, 0.25) is 0 Å². The third-order valence-electron chi connectivity index (χ3n) is 4.74. The van der Waals surface area contributed by atoms with E-state index in [1.54, 1.807) is 41.8 Å². The molecular weight excluding hydrogens is 460 g/mol. The summed E-state index contributed by atoms with van der Waals surface area (Å²) in [7, 11) is 0. The molecule has 0 aliphatic carbocycles. The Hall–Kier alpha value is -3.24. The molecule has 1 N–H and O–H groups in total. The maximum Gasteiger partial charge on any atom is 0.353 e. The van der Waals surface area contributed by atoms with E-state index in [0.29, 0.717) is 28.0 Å². The van der Waals surface area contributed by atoms with Crippen LogP contribution in [0.1, 0.15) is 48.3 Å². The summed E-state index contributed by atoms with van der Waals surface area (Å²) in [6.45, 7) is 4.29. The van der Waals surface area contributed by atoms with Crippen molar-refractivity contribution in [3.05, 3.63) is 51.7 Å². The maximum atomic E-state index is 12.6. The fourth-order valence-electron chi connectivity index (χ4n) is 3.14. The van der Waals surface area contributed by atoms with E-state index in [1.807, 2.05) is 6.92 Å². The minimum atomic E-state index is -0.489. The Kier molecular flexibility index (Phi) is 7.05. The van der Waals surface area contributed by atoms with Crippen molar-refractivity contribution in [2.45, 2.75) is 33.1 Å². The van der Waals surface area contributed by atoms with Crippen LogP contribution in [0.5, 0.6) is 11.5 Å². The van der Waals surface area contributed by atoms with Crippen molar-refractivity contribution in [1.82, 2.24) is 5.01 Å². The number of nitrogens with one attached hydrogen (secondary N) is 1. The fourth-order valence-corrected chi connectivity index (χ4v) is 4.66. The van der Waals surface area contributed by atoms with E-state index in [-0.39, 0.29) is 17.2 Å². The van der Waals surface area contributed by atoms with Crippen LogP contribution in [0.25, 0.3) is 6.08 Å². The van der Waals surface area contributed by atoms with Gasteiger partial charge in [-0.15, -0.1) is 11.3 Å². The van der Waals surface area contributed by atoms with Crippen molar-refractivity contribution < 1.29 is 19.1 Å². The molecule has 1 aromatic carbocycles. The summed E-state index contributed by atoms with van der Waals surface area (Å²) in [5, 5.41) is 17.4. The molecule has 0 unspecified atom stereocenters. The molecule has 10 heteroatoms. The van der Waals surface area contributed by atoms with Crippen molar-refractivity contribution in [2.24, 2.45) is 10.1 Å². The van der Waals surface area contributed by atoms with Gasteiger partial charge in [-0.05, 0) is 66.7 Å². The summed E-state index contributed by atoms with van der Waals surface area (Å²) in [4.78, 5) is 29.6. The Morgan fingerprint density at radius 2 is 2.09 bits per heavy atom. The van der Waals surface area contributed by atoms with Gasteiger partial charge in [0.15, 0.2) is 17.3 Å². The number of esters is 1. The quantitative estimate of drug-likeness (QED) is 0.316. The summed E-state index contributed by atoms with van der Waals surface area (Å²) >= 11 is 2.63. The lowest BCUT2D eigenvalue weighted by Crippen LogP contribution is -2.35. The number of fused-ring (bicyclic) bond motifs is 1. The number of hydrogen-bond donors (Lipinski definition) is 1. The molecule has 33 heavy (non-hydrogen) atoms. The van der Waals surface area contributed by atoms with Crippen LogP contribution in [-0.4, -0.2) is 39.5 Å². The highest BCUT2D eigenvalue weighted by Crippen LogP contribution is 2.33. The van der Waals surface area contributed by atoms with Crippen molar-refractivity contribution in [1.29, 1.82) is 5.41 Å². The zero-order valence-corrected chi connectivity index (χ0v) is 19.8. The SMILES string of the molecule is CCCCC1=NN2C(=N)C(=Cc3ccc(OC(=O)c4cccs4)c(OCC)c3)C(=O)N=C2S1. The smallest absolute Gasteiger partial charge is 0.353 e. The van der Waals surface area contributed by atoms with E-state index in [0.717, 1.165) is 24.3 Å². The first-order valence-corrected chi connectivity index (χ1v) is 12.2. The number of amides is 1. The molecule has 0 saturated carbocycles. The zero-order chi connectivity index (χ0) is 23.4. The van der Waals surface area contributed by atoms with Crippen LogP contribution in [0.15, 0.2) is 51.4 Å². The Bertz CT molecular complexity index is 1190. The predicted molar refractivity (Wildman–Crippen MR) is 131 cm³/mol. The number of carbonyl (C=O) groups excluding carboxylic acids is 2. The van der Waals surface area contributed by atoms with Gasteiger partial charge in [-0.25, -0.2) is 4.79 Å². The number of carbonyl (C=O) groups is 2. The summed E-state index contributed by atoms with van der Waals surface area (Å²) in [6, 6.07) is 8.44. The molecule has 1 aromatic heterocycles. The molecule has 8 nitrogen and oxygen atoms in total. The third kappa shape index (κ3) is 5.07. The molecule has 2 aliphatic heterocycles. The van der Waals surface area contributed by atoms with Gasteiger partial charge in [0.2, 0.25) is 5.17 Å². The van der Waals surface area contributed by atoms with Crippen LogP contribution in [-0.2, 0) is 4.79 Å². The number of unbranched alkanes of at least 4 members (excludes halogenated alkanes) is 1. The van der Waals surface area contributed by atoms with E-state index >= 15 is 0 Å². The zero-order valence-electron chi connectivity index (χ0n) is 18.2. The minimum Gasteiger partial charge on any atom is -0.490 e. The minimum absolute atomic E-state index is 0.0184. The highest BCUT2D eigenvalue weighted by Gasteiger charge is 2.35. The van der Waals surface area contributed by atoms with Gasteiger partial charge in [-0.3, -0.25) is 10.2 Å². The number of hydrogen-bond acceptors (Lipinski definition) is 8. The number of rotatable bonds is 8. The third-order valence-corrected chi connectivity index (χ3v) is 6.56. The summed E-state index contributed by atoms with van der Waals surface area (Å²) in [5.74, 6) is -0.324. The molecule has 0 spiro atoms. The molecule has 0 saturated heterocycles. The van der Waals surface area contributed by atoms with Crippen LogP contribution in [0, 0.1) is 5.41 Å². The lowest BCUT2D eigenvalue weighted by atomic mass is 10.1. The van der Waals surface area contributed by atoms with E-state index in [4.69, 9.17) is 14.9 Å². The first kappa shape index (κ1) is 22.9. The number of hydrazone groups is 1. The van der Waals surface area contributed by atoms with Crippen LogP contribution >= 0.6 is 23.1 Å². The van der Waals surface area contributed by atoms with Crippen molar-refractivity contribution in [2.75, 3.05) is 6.61 Å². The van der Waals surface area contributed by atoms with Gasteiger partial charge in [-0.1, -0.05) is 25.5 Å². The first-order chi connectivity index (χ1) is 16.0. The monoisotopic (exact) mass is 482 g/mol. The predicted octanol–water partition coefficient (Wildman–Crippen LogP) is 5.18. The number of nitrogens with zero attached hydrogens (tertiary/aromatic N) is 3. The molecule has 0 fully saturated rings. The second kappa shape index (κ2) is 10.1. The fraction of sp³-hybridized carbons (Fsp3) is 0.261. The maximum absolute atomic E-state index is 12.6. The molecular formula is C23H22N4O4S2. The van der Waals surface area contributed by atoms with Crippen molar-refractivity contribution in [3.8, 4) is 11.5 Å². The Balaban J connectivity index is 1.59. The van der Waals surface area contributed by atoms with Crippen LogP contribution in [0.3, 0.4) is 0 Å². The lowest BCUT2D eigenvalue weighted by Gasteiger charge is -2.20. The molecule has 0 radical (unpaired) electrons. The lowest BCUT2D eigenvalue weighted by molar-refractivity contribution is -0.114. The number of ether oxygens (including phenoxy) is 2. The van der Waals surface area contributed by atoms with Gasteiger partial charge in [0.1, 0.15) is 9.92 Å². The number of amidine groups is 2. The number of benzene rings is 1. The van der Waals surface area contributed by atoms with Crippen LogP contribution in [0.4, 0.5) is 0 Å². The van der Waals surface area contributed by atoms with E-state index < -0.39 is 11.9 Å². The van der Waals surface area contributed by atoms with Gasteiger partial charge in [0.05, 0.1) is 12.2 Å². The largest absolute Gasteiger partial charge is 0.490 e. The van der Waals surface area contributed by atoms with Crippen LogP contribution < -0.4 is 9.47 Å². The van der Waals surface area contributed by atoms with Crippen molar-refractivity contribution in [3.63, 3.8) is 0 Å². The van der Waals surface area contributed by atoms with E-state index in [9.17, 15) is 9.59 Å². The van der Waals surface area contributed by atoms with E-state index in [1.165, 1.54) is 28.1 Å². The first-order valence-electron chi connectivity index (χ1n) is 10.5. The summed E-state index contributed by atoms with van der Waals surface area (Å²) in [5.41, 5.74) is 0.744. The molecule has 2 aromatic rings. The second-order valence-electron chi connectivity index (χ2n) is 7.12.